The Balaban J connectivity index is 0. The van der Waals surface area contributed by atoms with Crippen LogP contribution >= 0.6 is 0 Å². The highest BCUT2D eigenvalue weighted by Gasteiger charge is 2.14. The Kier molecular flexibility index (Phi) is 13.9. The smallest absolute Gasteiger partial charge is 0.0798 e. The van der Waals surface area contributed by atoms with E-state index in [4.69, 9.17) is 9.47 Å². The third-order valence-electron chi connectivity index (χ3n) is 1.79. The third-order valence-corrected chi connectivity index (χ3v) is 1.79. The molecule has 0 saturated carbocycles. The number of hydrogen-bond donors (Lipinski definition) is 0. The van der Waals surface area contributed by atoms with Crippen LogP contribution in [0.25, 0.3) is 0 Å². The first-order valence-electron chi connectivity index (χ1n) is 5.45. The van der Waals surface area contributed by atoms with Gasteiger partial charge >= 0.3 is 0 Å². The van der Waals surface area contributed by atoms with Crippen LogP contribution in [0.3, 0.4) is 0 Å². The van der Waals surface area contributed by atoms with Gasteiger partial charge < -0.3 is 9.47 Å². The molecule has 1 heterocycles. The van der Waals surface area contributed by atoms with Crippen molar-refractivity contribution in [3.8, 4) is 0 Å². The van der Waals surface area contributed by atoms with Gasteiger partial charge in [0.2, 0.25) is 0 Å². The summed E-state index contributed by atoms with van der Waals surface area (Å²) in [4.78, 5) is 0. The number of rotatable bonds is 5. The average Bonchev–Trinajstić information content (AvgIpc) is 2.65. The first kappa shape index (κ1) is 18.3. The molecule has 1 rings (SSSR count). The van der Waals surface area contributed by atoms with Gasteiger partial charge in [0.05, 0.1) is 25.9 Å². The van der Waals surface area contributed by atoms with E-state index in [1.165, 1.54) is 5.57 Å². The van der Waals surface area contributed by atoms with Gasteiger partial charge in [-0.2, -0.15) is 0 Å². The second-order valence-electron chi connectivity index (χ2n) is 3.47. The Bertz CT molecular complexity index is 241. The van der Waals surface area contributed by atoms with E-state index >= 15 is 0 Å². The fourth-order valence-electron chi connectivity index (χ4n) is 1.18. The van der Waals surface area contributed by atoms with Crippen molar-refractivity contribution in [2.24, 2.45) is 0 Å². The van der Waals surface area contributed by atoms with Gasteiger partial charge in [0, 0.05) is 6.42 Å². The lowest BCUT2D eigenvalue weighted by molar-refractivity contribution is 0.147. The van der Waals surface area contributed by atoms with Crippen LogP contribution in [0.5, 0.6) is 0 Å². The van der Waals surface area contributed by atoms with E-state index in [2.05, 4.69) is 19.7 Å². The molecule has 0 aromatic heterocycles. The van der Waals surface area contributed by atoms with Crippen molar-refractivity contribution in [3.05, 3.63) is 49.6 Å². The van der Waals surface area contributed by atoms with Gasteiger partial charge in [-0.15, -0.1) is 13.2 Å². The second kappa shape index (κ2) is 12.9. The summed E-state index contributed by atoms with van der Waals surface area (Å²) in [7, 11) is 0. The SMILES string of the molecule is C.C=CC.C=CCOC/C=C/[C@H]1CC(=C)CO1. The fourth-order valence-corrected chi connectivity index (χ4v) is 1.18. The van der Waals surface area contributed by atoms with Crippen LogP contribution in [0.4, 0.5) is 0 Å². The van der Waals surface area contributed by atoms with Gasteiger partial charge in [-0.25, -0.2) is 0 Å². The van der Waals surface area contributed by atoms with Crippen molar-refractivity contribution >= 4 is 0 Å². The zero-order valence-electron chi connectivity index (χ0n) is 10.2. The molecule has 17 heavy (non-hydrogen) atoms. The lowest BCUT2D eigenvalue weighted by atomic mass is 10.2. The predicted octanol–water partition coefficient (Wildman–Crippen LogP) is 3.92. The van der Waals surface area contributed by atoms with Crippen molar-refractivity contribution < 1.29 is 9.47 Å². The highest BCUT2D eigenvalue weighted by Crippen LogP contribution is 2.17. The van der Waals surface area contributed by atoms with E-state index < -0.39 is 0 Å². The lowest BCUT2D eigenvalue weighted by Gasteiger charge is -2.00. The second-order valence-corrected chi connectivity index (χ2v) is 3.47. The molecule has 0 amide bonds. The van der Waals surface area contributed by atoms with Crippen LogP contribution in [-0.2, 0) is 9.47 Å². The molecule has 1 saturated heterocycles. The van der Waals surface area contributed by atoms with Crippen molar-refractivity contribution in [2.45, 2.75) is 26.9 Å². The molecule has 98 valence electrons. The zero-order valence-corrected chi connectivity index (χ0v) is 10.2. The predicted molar refractivity (Wildman–Crippen MR) is 76.3 cm³/mol. The number of ether oxygens (including phenoxy) is 2. The summed E-state index contributed by atoms with van der Waals surface area (Å²) in [5.41, 5.74) is 1.17. The molecule has 1 aliphatic heterocycles. The molecular weight excluding hydrogens is 212 g/mol. The Morgan fingerprint density at radius 3 is 2.53 bits per heavy atom. The first-order chi connectivity index (χ1) is 7.74. The van der Waals surface area contributed by atoms with Crippen molar-refractivity contribution in [2.75, 3.05) is 19.8 Å². The zero-order chi connectivity index (χ0) is 12.2. The summed E-state index contributed by atoms with van der Waals surface area (Å²) < 4.78 is 10.6. The maximum absolute atomic E-state index is 5.41. The van der Waals surface area contributed by atoms with Crippen molar-refractivity contribution in [1.29, 1.82) is 0 Å². The number of hydrogen-bond acceptors (Lipinski definition) is 2. The molecule has 0 unspecified atom stereocenters. The molecule has 0 N–H and O–H groups in total. The molecule has 0 aromatic rings. The van der Waals surface area contributed by atoms with E-state index in [1.807, 2.05) is 19.1 Å². The Hall–Kier alpha value is -1.12. The Morgan fingerprint density at radius 1 is 1.41 bits per heavy atom. The third kappa shape index (κ3) is 11.1. The maximum Gasteiger partial charge on any atom is 0.0798 e. The van der Waals surface area contributed by atoms with Crippen LogP contribution in [0.2, 0.25) is 0 Å². The Morgan fingerprint density at radius 2 is 2.06 bits per heavy atom. The minimum Gasteiger partial charge on any atom is -0.373 e. The summed E-state index contributed by atoms with van der Waals surface area (Å²) in [6.45, 7) is 14.6. The summed E-state index contributed by atoms with van der Waals surface area (Å²) in [5.74, 6) is 0. The van der Waals surface area contributed by atoms with E-state index in [0.717, 1.165) is 6.42 Å². The summed E-state index contributed by atoms with van der Waals surface area (Å²) in [6.07, 6.45) is 8.65. The number of allylic oxidation sites excluding steroid dienone is 1. The van der Waals surface area contributed by atoms with Gasteiger partial charge in [-0.1, -0.05) is 38.3 Å². The highest BCUT2D eigenvalue weighted by atomic mass is 16.5. The largest absolute Gasteiger partial charge is 0.373 e. The monoisotopic (exact) mass is 238 g/mol. The topological polar surface area (TPSA) is 18.5 Å². The maximum atomic E-state index is 5.41. The van der Waals surface area contributed by atoms with E-state index in [1.54, 1.807) is 12.2 Å². The molecule has 0 radical (unpaired) electrons. The molecule has 0 aromatic carbocycles. The molecule has 0 bridgehead atoms. The van der Waals surface area contributed by atoms with Crippen LogP contribution in [0.15, 0.2) is 49.6 Å². The summed E-state index contributed by atoms with van der Waals surface area (Å²) in [6, 6.07) is 0. The molecule has 1 atom stereocenters. The van der Waals surface area contributed by atoms with Gasteiger partial charge in [0.1, 0.15) is 0 Å². The lowest BCUT2D eigenvalue weighted by Crippen LogP contribution is -2.00. The van der Waals surface area contributed by atoms with E-state index in [0.29, 0.717) is 19.8 Å². The first-order valence-corrected chi connectivity index (χ1v) is 5.45. The summed E-state index contributed by atoms with van der Waals surface area (Å²) >= 11 is 0. The van der Waals surface area contributed by atoms with Crippen LogP contribution in [0.1, 0.15) is 20.8 Å². The van der Waals surface area contributed by atoms with Gasteiger partial charge in [0.25, 0.3) is 0 Å². The molecule has 2 heteroatoms. The van der Waals surface area contributed by atoms with Crippen LogP contribution < -0.4 is 0 Å². The minimum absolute atomic E-state index is 0. The van der Waals surface area contributed by atoms with E-state index in [-0.39, 0.29) is 13.5 Å². The fraction of sp³-hybridized carbons (Fsp3) is 0.467. The molecule has 1 aliphatic rings. The van der Waals surface area contributed by atoms with Crippen LogP contribution in [0, 0.1) is 0 Å². The Labute approximate surface area is 106 Å². The average molecular weight is 238 g/mol. The molecule has 0 aliphatic carbocycles. The molecular formula is C15H26O2. The van der Waals surface area contributed by atoms with Gasteiger partial charge in [-0.05, 0) is 12.5 Å². The highest BCUT2D eigenvalue weighted by molar-refractivity contribution is 5.07. The van der Waals surface area contributed by atoms with Crippen LogP contribution in [-0.4, -0.2) is 25.9 Å². The normalized spacial score (nSPS) is 18.2. The van der Waals surface area contributed by atoms with Crippen molar-refractivity contribution in [1.82, 2.24) is 0 Å². The quantitative estimate of drug-likeness (QED) is 0.534. The standard InChI is InChI=1S/C11H16O2.C3H6.CH4/c1-3-6-12-7-4-5-11-8-10(2)9-13-11;1-3-2;/h3-5,11H,1-2,6-9H2;3H,1H2,2H3;1H4/b5-4+;;/t11-;;/m0../s1. The summed E-state index contributed by atoms with van der Waals surface area (Å²) in [5, 5.41) is 0. The van der Waals surface area contributed by atoms with E-state index in [9.17, 15) is 0 Å². The van der Waals surface area contributed by atoms with Gasteiger partial charge in [-0.3, -0.25) is 0 Å². The van der Waals surface area contributed by atoms with Gasteiger partial charge in [0.15, 0.2) is 0 Å². The van der Waals surface area contributed by atoms with Crippen molar-refractivity contribution in [3.63, 3.8) is 0 Å². The molecule has 2 nitrogen and oxygen atoms in total. The molecule has 1 fully saturated rings. The molecule has 0 spiro atoms. The minimum atomic E-state index is 0.